The van der Waals surface area contributed by atoms with Crippen molar-refractivity contribution in [3.8, 4) is 22.8 Å². The Morgan fingerprint density at radius 1 is 1.21 bits per heavy atom. The largest absolute Gasteiger partial charge is 0.497 e. The van der Waals surface area contributed by atoms with Gasteiger partial charge in [-0.3, -0.25) is 4.79 Å². The van der Waals surface area contributed by atoms with Gasteiger partial charge in [-0.2, -0.15) is 0 Å². The van der Waals surface area contributed by atoms with E-state index in [1.165, 1.54) is 42.7 Å². The summed E-state index contributed by atoms with van der Waals surface area (Å²) in [5.41, 5.74) is 1.60. The minimum atomic E-state index is -3.77. The number of ether oxygens (including phenoxy) is 2. The van der Waals surface area contributed by atoms with E-state index in [1.54, 1.807) is 0 Å². The fraction of sp³-hybridized carbons (Fsp3) is 0.158. The Balaban J connectivity index is 1.50. The quantitative estimate of drug-likeness (QED) is 0.687. The van der Waals surface area contributed by atoms with Gasteiger partial charge in [-0.05, 0) is 36.4 Å². The molecule has 28 heavy (non-hydrogen) atoms. The molecule has 0 unspecified atom stereocenters. The molecule has 0 atom stereocenters. The highest BCUT2D eigenvalue weighted by Crippen LogP contribution is 2.40. The number of nitrogens with zero attached hydrogens (tertiary/aromatic N) is 1. The van der Waals surface area contributed by atoms with Crippen molar-refractivity contribution in [2.24, 2.45) is 0 Å². The molecular weight excluding hydrogens is 400 g/mol. The summed E-state index contributed by atoms with van der Waals surface area (Å²) < 4.78 is 35.6. The van der Waals surface area contributed by atoms with Gasteiger partial charge in [-0.25, -0.2) is 13.4 Å². The minimum Gasteiger partial charge on any atom is -0.497 e. The molecule has 2 heterocycles. The normalized spacial score (nSPS) is 12.5. The third-order valence-corrected chi connectivity index (χ3v) is 6.76. The highest BCUT2D eigenvalue weighted by Gasteiger charge is 2.24. The number of carbonyl (C=O) groups excluding carboxylic acids is 1. The lowest BCUT2D eigenvalue weighted by molar-refractivity contribution is -0.113. The van der Waals surface area contributed by atoms with Gasteiger partial charge in [-0.1, -0.05) is 23.5 Å². The summed E-state index contributed by atoms with van der Waals surface area (Å²) in [5.74, 6) is -0.0351. The maximum Gasteiger partial charge on any atom is 0.241 e. The zero-order chi connectivity index (χ0) is 19.7. The lowest BCUT2D eigenvalue weighted by Gasteiger charge is -2.15. The second-order valence-corrected chi connectivity index (χ2v) is 9.13. The van der Waals surface area contributed by atoms with E-state index in [0.717, 1.165) is 21.9 Å². The molecule has 0 bridgehead atoms. The number of aromatic nitrogens is 1. The number of para-hydroxylation sites is 1. The van der Waals surface area contributed by atoms with Crippen LogP contribution >= 0.6 is 11.3 Å². The van der Waals surface area contributed by atoms with Crippen LogP contribution in [0.4, 0.5) is 5.13 Å². The first kappa shape index (κ1) is 18.5. The van der Waals surface area contributed by atoms with E-state index in [1.807, 2.05) is 24.3 Å². The van der Waals surface area contributed by atoms with Crippen molar-refractivity contribution in [2.75, 3.05) is 18.2 Å². The minimum absolute atomic E-state index is 0.0595. The molecule has 0 saturated heterocycles. The highest BCUT2D eigenvalue weighted by molar-refractivity contribution is 7.92. The fourth-order valence-electron chi connectivity index (χ4n) is 2.84. The van der Waals surface area contributed by atoms with E-state index in [2.05, 4.69) is 10.3 Å². The lowest BCUT2D eigenvalue weighted by Crippen LogP contribution is -2.22. The topological polar surface area (TPSA) is 94.6 Å². The van der Waals surface area contributed by atoms with Crippen LogP contribution in [0.2, 0.25) is 0 Å². The number of rotatable bonds is 5. The fourth-order valence-corrected chi connectivity index (χ4v) is 4.88. The van der Waals surface area contributed by atoms with E-state index in [0.29, 0.717) is 17.5 Å². The van der Waals surface area contributed by atoms with Gasteiger partial charge < -0.3 is 14.8 Å². The number of hydrogen-bond acceptors (Lipinski definition) is 7. The third-order valence-electron chi connectivity index (χ3n) is 4.18. The Labute approximate surface area is 165 Å². The highest BCUT2D eigenvalue weighted by atomic mass is 32.2. The number of fused-ring (bicyclic) bond motifs is 3. The van der Waals surface area contributed by atoms with Crippen LogP contribution in [0, 0.1) is 0 Å². The molecule has 9 heteroatoms. The van der Waals surface area contributed by atoms with E-state index < -0.39 is 21.5 Å². The second kappa shape index (κ2) is 7.25. The van der Waals surface area contributed by atoms with E-state index in [9.17, 15) is 13.2 Å². The average Bonchev–Trinajstić information content (AvgIpc) is 3.10. The first-order valence-electron chi connectivity index (χ1n) is 8.35. The zero-order valence-electron chi connectivity index (χ0n) is 14.8. The number of amides is 1. The van der Waals surface area contributed by atoms with Gasteiger partial charge in [0.15, 0.2) is 15.0 Å². The summed E-state index contributed by atoms with van der Waals surface area (Å²) in [4.78, 5) is 17.7. The lowest BCUT2D eigenvalue weighted by atomic mass is 10.1. The summed E-state index contributed by atoms with van der Waals surface area (Å²) in [6.45, 7) is 0.365. The Bertz CT molecular complexity index is 1140. The molecule has 0 radical (unpaired) electrons. The van der Waals surface area contributed by atoms with Crippen molar-refractivity contribution in [1.29, 1.82) is 0 Å². The molecule has 3 aromatic rings. The molecule has 1 amide bonds. The van der Waals surface area contributed by atoms with Crippen molar-refractivity contribution in [2.45, 2.75) is 11.5 Å². The molecule has 4 rings (SSSR count). The van der Waals surface area contributed by atoms with Crippen molar-refractivity contribution in [3.63, 3.8) is 0 Å². The summed E-state index contributed by atoms with van der Waals surface area (Å²) in [7, 11) is -2.28. The molecule has 1 aliphatic heterocycles. The monoisotopic (exact) mass is 416 g/mol. The molecule has 0 aliphatic carbocycles. The predicted molar refractivity (Wildman–Crippen MR) is 106 cm³/mol. The molecule has 0 spiro atoms. The van der Waals surface area contributed by atoms with Crippen LogP contribution in [-0.4, -0.2) is 32.2 Å². The van der Waals surface area contributed by atoms with Gasteiger partial charge >= 0.3 is 0 Å². The predicted octanol–water partition coefficient (Wildman–Crippen LogP) is 3.12. The zero-order valence-corrected chi connectivity index (χ0v) is 16.5. The summed E-state index contributed by atoms with van der Waals surface area (Å²) in [5, 5.41) is 2.93. The molecule has 1 N–H and O–H groups in total. The first-order valence-corrected chi connectivity index (χ1v) is 10.8. The summed E-state index contributed by atoms with van der Waals surface area (Å²) in [6.07, 6.45) is 0. The Morgan fingerprint density at radius 2 is 1.96 bits per heavy atom. The average molecular weight is 416 g/mol. The number of anilines is 1. The van der Waals surface area contributed by atoms with Crippen molar-refractivity contribution >= 4 is 32.2 Å². The van der Waals surface area contributed by atoms with Crippen LogP contribution in [0.3, 0.4) is 0 Å². The standard InChI is InChI=1S/C19H16N2O5S2/c1-25-12-6-8-13(9-7-12)28(23,24)11-17(22)20-19-21-18-14-4-2-3-5-15(14)26-10-16(18)27-19/h2-9H,10-11H2,1H3,(H,20,21,22). The Hall–Kier alpha value is -2.91. The number of thiazole rings is 1. The molecule has 7 nitrogen and oxygen atoms in total. The van der Waals surface area contributed by atoms with Gasteiger partial charge in [0.05, 0.1) is 22.6 Å². The van der Waals surface area contributed by atoms with Crippen molar-refractivity contribution in [1.82, 2.24) is 4.98 Å². The van der Waals surface area contributed by atoms with Gasteiger partial charge in [-0.15, -0.1) is 0 Å². The van der Waals surface area contributed by atoms with Gasteiger partial charge in [0.2, 0.25) is 5.91 Å². The van der Waals surface area contributed by atoms with E-state index in [4.69, 9.17) is 9.47 Å². The van der Waals surface area contributed by atoms with Gasteiger partial charge in [0.25, 0.3) is 0 Å². The number of methoxy groups -OCH3 is 1. The van der Waals surface area contributed by atoms with Crippen LogP contribution in [0.15, 0.2) is 53.4 Å². The van der Waals surface area contributed by atoms with Crippen LogP contribution in [0.25, 0.3) is 11.3 Å². The smallest absolute Gasteiger partial charge is 0.241 e. The molecule has 144 valence electrons. The molecule has 1 aliphatic rings. The number of benzene rings is 2. The molecule has 0 fully saturated rings. The maximum absolute atomic E-state index is 12.5. The van der Waals surface area contributed by atoms with Gasteiger partial charge in [0.1, 0.15) is 23.9 Å². The molecule has 2 aromatic carbocycles. The number of sulfone groups is 1. The number of carbonyl (C=O) groups is 1. The first-order chi connectivity index (χ1) is 13.5. The van der Waals surface area contributed by atoms with E-state index >= 15 is 0 Å². The van der Waals surface area contributed by atoms with Gasteiger partial charge in [0, 0.05) is 5.56 Å². The van der Waals surface area contributed by atoms with E-state index in [-0.39, 0.29) is 4.90 Å². The van der Waals surface area contributed by atoms with Crippen LogP contribution in [0.5, 0.6) is 11.5 Å². The Morgan fingerprint density at radius 3 is 2.71 bits per heavy atom. The Kier molecular flexibility index (Phi) is 4.78. The maximum atomic E-state index is 12.5. The SMILES string of the molecule is COc1ccc(S(=O)(=O)CC(=O)Nc2nc3c(s2)COc2ccccc2-3)cc1. The molecule has 1 aromatic heterocycles. The second-order valence-electron chi connectivity index (χ2n) is 6.06. The van der Waals surface area contributed by atoms with Crippen molar-refractivity contribution < 1.29 is 22.7 Å². The number of hydrogen-bond donors (Lipinski definition) is 1. The molecular formula is C19H16N2O5S2. The summed E-state index contributed by atoms with van der Waals surface area (Å²) >= 11 is 1.27. The third kappa shape index (κ3) is 3.58. The summed E-state index contributed by atoms with van der Waals surface area (Å²) in [6, 6.07) is 13.4. The van der Waals surface area contributed by atoms with Crippen LogP contribution in [-0.2, 0) is 21.2 Å². The molecule has 0 saturated carbocycles. The van der Waals surface area contributed by atoms with Crippen LogP contribution in [0.1, 0.15) is 4.88 Å². The van der Waals surface area contributed by atoms with Crippen molar-refractivity contribution in [3.05, 3.63) is 53.4 Å². The van der Waals surface area contributed by atoms with Crippen LogP contribution < -0.4 is 14.8 Å². The number of nitrogens with one attached hydrogen (secondary N) is 1.